The smallest absolute Gasteiger partial charge is 0.325 e. The molecular weight excluding hydrogens is 774 g/mol. The van der Waals surface area contributed by atoms with Crippen molar-refractivity contribution >= 4 is 63.9 Å². The van der Waals surface area contributed by atoms with Crippen LogP contribution in [0.15, 0.2) is 60.4 Å². The summed E-state index contributed by atoms with van der Waals surface area (Å²) >= 11 is 11.5. The second-order valence-electron chi connectivity index (χ2n) is 13.0. The summed E-state index contributed by atoms with van der Waals surface area (Å²) in [5.74, 6) is -0.355. The summed E-state index contributed by atoms with van der Waals surface area (Å²) < 4.78 is 39.2. The summed E-state index contributed by atoms with van der Waals surface area (Å²) in [4.78, 5) is 56.6. The quantitative estimate of drug-likeness (QED) is 0.0659. The van der Waals surface area contributed by atoms with Gasteiger partial charge in [-0.25, -0.2) is 28.7 Å². The zero-order valence-corrected chi connectivity index (χ0v) is 30.3. The van der Waals surface area contributed by atoms with Crippen molar-refractivity contribution in [3.8, 4) is 0 Å². The molecule has 1 aliphatic carbocycles. The van der Waals surface area contributed by atoms with Gasteiger partial charge in [-0.1, -0.05) is 23.7 Å². The summed E-state index contributed by atoms with van der Waals surface area (Å²) in [6.45, 7) is -4.88. The molecule has 0 radical (unpaired) electrons. The molecule has 0 amide bonds. The van der Waals surface area contributed by atoms with Crippen LogP contribution in [-0.2, 0) is 38.6 Å². The zero-order chi connectivity index (χ0) is 37.9. The molecule has 8 atom stereocenters. The van der Waals surface area contributed by atoms with E-state index >= 15 is 4.39 Å². The third-order valence-corrected chi connectivity index (χ3v) is 11.8. The van der Waals surface area contributed by atoms with Crippen molar-refractivity contribution in [2.75, 3.05) is 19.8 Å². The van der Waals surface area contributed by atoms with Gasteiger partial charge in [0.2, 0.25) is 5.78 Å². The van der Waals surface area contributed by atoms with E-state index in [1.807, 2.05) is 0 Å². The first-order valence-electron chi connectivity index (χ1n) is 16.7. The molecule has 1 aromatic carbocycles. The van der Waals surface area contributed by atoms with Crippen LogP contribution in [0.3, 0.4) is 0 Å². The number of aryl methyl sites for hydroxylation is 2. The second-order valence-corrected chi connectivity index (χ2v) is 16.1. The number of ether oxygens (including phenoxy) is 1. The molecule has 1 saturated heterocycles. The minimum absolute atomic E-state index is 0.0247. The van der Waals surface area contributed by atoms with Crippen LogP contribution >= 0.6 is 18.3 Å². The Morgan fingerprint density at radius 1 is 1.07 bits per heavy atom. The van der Waals surface area contributed by atoms with Crippen LogP contribution in [0.25, 0.3) is 28.1 Å². The number of aliphatic hydroxyl groups is 2. The molecule has 5 aromatic heterocycles. The molecular formula is C31H31ClFN10O9PS. The maximum Gasteiger partial charge on any atom is 0.325 e. The molecule has 2 fully saturated rings. The van der Waals surface area contributed by atoms with Crippen molar-refractivity contribution in [2.24, 2.45) is 11.8 Å². The Hall–Kier alpha value is -4.31. The highest BCUT2D eigenvalue weighted by Crippen LogP contribution is 2.53. The molecule has 19 nitrogen and oxygen atoms in total. The molecule has 1 aliphatic heterocycles. The monoisotopic (exact) mass is 804 g/mol. The Balaban J connectivity index is 1.000. The molecule has 0 spiro atoms. The van der Waals surface area contributed by atoms with Gasteiger partial charge in [-0.2, -0.15) is 4.98 Å². The molecule has 284 valence electrons. The Morgan fingerprint density at radius 2 is 1.83 bits per heavy atom. The van der Waals surface area contributed by atoms with Gasteiger partial charge >= 0.3 is 6.72 Å². The van der Waals surface area contributed by atoms with Crippen LogP contribution in [0.1, 0.15) is 24.3 Å². The SMILES string of the molecule is O=c1c2ncn([C@@H]3O[C@H](CO)[C@@H](F)[C@H]3OP(O)(=S)OC[C@H]3C[C@@H](n4cnc5c(Cl)ncnc54)[C@@H]3CO)c2nc2n(CCc3ccc([N+](=O)[O-])cc3)ccn12. The van der Waals surface area contributed by atoms with E-state index < -0.39 is 48.4 Å². The Labute approximate surface area is 313 Å². The second kappa shape index (κ2) is 14.4. The first-order chi connectivity index (χ1) is 26.0. The van der Waals surface area contributed by atoms with Crippen LogP contribution in [-0.4, -0.2) is 101 Å². The lowest BCUT2D eigenvalue weighted by atomic mass is 9.70. The normalized spacial score (nSPS) is 25.4. The highest BCUT2D eigenvalue weighted by Gasteiger charge is 2.50. The molecule has 1 saturated carbocycles. The molecule has 6 aromatic rings. The van der Waals surface area contributed by atoms with Crippen LogP contribution < -0.4 is 5.56 Å². The van der Waals surface area contributed by atoms with Gasteiger partial charge in [0.25, 0.3) is 11.2 Å². The van der Waals surface area contributed by atoms with E-state index in [0.717, 1.165) is 5.56 Å². The summed E-state index contributed by atoms with van der Waals surface area (Å²) in [7, 11) is 0. The van der Waals surface area contributed by atoms with E-state index in [2.05, 4.69) is 24.9 Å². The number of fused-ring (bicyclic) bond motifs is 3. The number of hydrogen-bond acceptors (Lipinski definition) is 14. The van der Waals surface area contributed by atoms with Crippen molar-refractivity contribution in [2.45, 2.75) is 50.0 Å². The number of imidazole rings is 3. The lowest BCUT2D eigenvalue weighted by Gasteiger charge is -2.44. The van der Waals surface area contributed by atoms with Crippen LogP contribution in [0, 0.1) is 22.0 Å². The number of alkyl halides is 1. The van der Waals surface area contributed by atoms with Gasteiger partial charge in [-0.05, 0) is 36.1 Å². The highest BCUT2D eigenvalue weighted by atomic mass is 35.5. The Morgan fingerprint density at radius 3 is 2.57 bits per heavy atom. The van der Waals surface area contributed by atoms with Gasteiger partial charge in [-0.15, -0.1) is 0 Å². The van der Waals surface area contributed by atoms with Gasteiger partial charge in [0.15, 0.2) is 34.4 Å². The third kappa shape index (κ3) is 6.48. The molecule has 8 rings (SSSR count). The minimum atomic E-state index is -4.17. The fraction of sp³-hybridized carbons (Fsp3) is 0.419. The molecule has 2 aliphatic rings. The molecule has 54 heavy (non-hydrogen) atoms. The van der Waals surface area contributed by atoms with E-state index in [1.165, 1.54) is 40.0 Å². The predicted molar refractivity (Wildman–Crippen MR) is 191 cm³/mol. The van der Waals surface area contributed by atoms with E-state index in [4.69, 9.17) is 37.2 Å². The van der Waals surface area contributed by atoms with E-state index in [9.17, 15) is 30.0 Å². The van der Waals surface area contributed by atoms with Crippen molar-refractivity contribution < 1.29 is 38.2 Å². The van der Waals surface area contributed by atoms with Crippen LogP contribution in [0.5, 0.6) is 0 Å². The lowest BCUT2D eigenvalue weighted by Crippen LogP contribution is -2.43. The fourth-order valence-electron chi connectivity index (χ4n) is 7.09. The first-order valence-corrected chi connectivity index (χ1v) is 19.6. The minimum Gasteiger partial charge on any atom is -0.396 e. The molecule has 1 unspecified atom stereocenters. The summed E-state index contributed by atoms with van der Waals surface area (Å²) in [6, 6.07) is 5.92. The zero-order valence-electron chi connectivity index (χ0n) is 27.9. The summed E-state index contributed by atoms with van der Waals surface area (Å²) in [5, 5.41) is 31.4. The van der Waals surface area contributed by atoms with Crippen molar-refractivity contribution in [3.05, 3.63) is 86.8 Å². The van der Waals surface area contributed by atoms with Crippen molar-refractivity contribution in [1.29, 1.82) is 0 Å². The maximum absolute atomic E-state index is 15.8. The first kappa shape index (κ1) is 36.7. The molecule has 0 bridgehead atoms. The standard InChI is InChI=1S/C31H31ClFN10O9PS/c32-26-23-27(35-13-34-26)41(14-36-23)20-9-17(19(20)10-44)12-50-53(49,54)52-25-22(33)21(11-45)51-30(25)42-15-37-24-28(42)38-31-39(7-8-40(31)29(24)46)6-5-16-1-3-18(4-2-16)43(47)48/h1-4,7-8,13-15,17,19-22,25,30,44-45H,5-6,9-12H2,(H,49,54)/t17-,19-,20-,21-,22-,25-,30-,53?/m1/s1. The number of nitro groups is 1. The van der Waals surface area contributed by atoms with Crippen molar-refractivity contribution in [3.63, 3.8) is 0 Å². The van der Waals surface area contributed by atoms with Crippen LogP contribution in [0.4, 0.5) is 10.1 Å². The average Bonchev–Trinajstić information content (AvgIpc) is 3.93. The van der Waals surface area contributed by atoms with E-state index in [-0.39, 0.29) is 58.9 Å². The number of rotatable bonds is 13. The average molecular weight is 805 g/mol. The van der Waals surface area contributed by atoms with Gasteiger partial charge in [0, 0.05) is 49.6 Å². The number of nitrogens with zero attached hydrogens (tertiary/aromatic N) is 10. The number of aromatic nitrogens is 9. The lowest BCUT2D eigenvalue weighted by molar-refractivity contribution is -0.384. The Bertz CT molecular complexity index is 2480. The van der Waals surface area contributed by atoms with Gasteiger partial charge in [-0.3, -0.25) is 24.0 Å². The van der Waals surface area contributed by atoms with Gasteiger partial charge in [0.05, 0.1) is 30.8 Å². The van der Waals surface area contributed by atoms with Gasteiger partial charge < -0.3 is 33.5 Å². The number of benzene rings is 1. The number of halogens is 2. The number of aliphatic hydroxyl groups excluding tert-OH is 2. The topological polar surface area (TPSA) is 232 Å². The number of non-ortho nitro benzene ring substituents is 1. The summed E-state index contributed by atoms with van der Waals surface area (Å²) in [6.07, 6.45) is 1.94. The Kier molecular flexibility index (Phi) is 9.78. The van der Waals surface area contributed by atoms with Crippen LogP contribution in [0.2, 0.25) is 5.15 Å². The molecule has 3 N–H and O–H groups in total. The maximum atomic E-state index is 15.8. The number of hydrogen-bond donors (Lipinski definition) is 3. The number of nitro benzene ring substituents is 1. The molecule has 23 heteroatoms. The highest BCUT2D eigenvalue weighted by molar-refractivity contribution is 8.07. The predicted octanol–water partition coefficient (Wildman–Crippen LogP) is 2.51. The largest absolute Gasteiger partial charge is 0.396 e. The van der Waals surface area contributed by atoms with Crippen molar-refractivity contribution in [1.82, 2.24) is 43.0 Å². The third-order valence-electron chi connectivity index (χ3n) is 10.0. The van der Waals surface area contributed by atoms with E-state index in [1.54, 1.807) is 33.8 Å². The van der Waals surface area contributed by atoms with Gasteiger partial charge in [0.1, 0.15) is 24.1 Å². The molecule has 6 heterocycles. The summed E-state index contributed by atoms with van der Waals surface area (Å²) in [5.41, 5.74) is 1.18. The fourth-order valence-corrected chi connectivity index (χ4v) is 8.72. The van der Waals surface area contributed by atoms with E-state index in [0.29, 0.717) is 30.6 Å².